The minimum atomic E-state index is -0.780. The fraction of sp³-hybridized carbons (Fsp3) is 0.235. The summed E-state index contributed by atoms with van der Waals surface area (Å²) in [6.45, 7) is 5.27. The molecule has 0 saturated carbocycles. The minimum Gasteiger partial charge on any atom is -0.481 e. The van der Waals surface area contributed by atoms with Gasteiger partial charge in [0.05, 0.1) is 4.92 Å². The van der Waals surface area contributed by atoms with E-state index in [1.807, 2.05) is 25.1 Å². The normalized spacial score (nSPS) is 11.6. The summed E-state index contributed by atoms with van der Waals surface area (Å²) in [5.41, 5.74) is 1.79. The van der Waals surface area contributed by atoms with E-state index in [9.17, 15) is 14.9 Å². The van der Waals surface area contributed by atoms with E-state index in [0.717, 1.165) is 11.1 Å². The van der Waals surface area contributed by atoms with Crippen LogP contribution in [0.3, 0.4) is 0 Å². The Morgan fingerprint density at radius 3 is 2.52 bits per heavy atom. The highest BCUT2D eigenvalue weighted by Crippen LogP contribution is 2.25. The van der Waals surface area contributed by atoms with Crippen molar-refractivity contribution < 1.29 is 14.5 Å². The maximum absolute atomic E-state index is 12.2. The van der Waals surface area contributed by atoms with Gasteiger partial charge in [-0.15, -0.1) is 0 Å². The Hall–Kier alpha value is -2.89. The van der Waals surface area contributed by atoms with Crippen molar-refractivity contribution in [2.75, 3.05) is 5.32 Å². The molecule has 1 N–H and O–H groups in total. The Kier molecular flexibility index (Phi) is 4.95. The van der Waals surface area contributed by atoms with Gasteiger partial charge in [-0.25, -0.2) is 0 Å². The molecular formula is C17H18N2O4. The van der Waals surface area contributed by atoms with Gasteiger partial charge < -0.3 is 10.1 Å². The summed E-state index contributed by atoms with van der Waals surface area (Å²) in [5, 5.41) is 13.6. The first kappa shape index (κ1) is 16.5. The van der Waals surface area contributed by atoms with Crippen LogP contribution in [-0.4, -0.2) is 16.9 Å². The van der Waals surface area contributed by atoms with Crippen molar-refractivity contribution in [1.82, 2.24) is 0 Å². The average Bonchev–Trinajstić information content (AvgIpc) is 2.48. The zero-order chi connectivity index (χ0) is 17.0. The number of ether oxygens (including phenoxy) is 1. The van der Waals surface area contributed by atoms with Crippen molar-refractivity contribution in [3.05, 3.63) is 63.7 Å². The van der Waals surface area contributed by atoms with Crippen LogP contribution in [0.4, 0.5) is 11.4 Å². The molecule has 2 rings (SSSR count). The van der Waals surface area contributed by atoms with E-state index in [1.165, 1.54) is 12.1 Å². The van der Waals surface area contributed by atoms with E-state index in [-0.39, 0.29) is 11.4 Å². The summed E-state index contributed by atoms with van der Waals surface area (Å²) in [6, 6.07) is 12.0. The van der Waals surface area contributed by atoms with Crippen molar-refractivity contribution in [3.8, 4) is 5.75 Å². The van der Waals surface area contributed by atoms with E-state index in [2.05, 4.69) is 5.32 Å². The Balaban J connectivity index is 2.11. The predicted octanol–water partition coefficient (Wildman–Crippen LogP) is 3.62. The van der Waals surface area contributed by atoms with E-state index >= 15 is 0 Å². The number of aryl methyl sites for hydroxylation is 2. The Morgan fingerprint density at radius 2 is 1.87 bits per heavy atom. The first-order chi connectivity index (χ1) is 10.9. The van der Waals surface area contributed by atoms with Crippen molar-refractivity contribution in [1.29, 1.82) is 0 Å². The van der Waals surface area contributed by atoms with Crippen molar-refractivity contribution in [2.24, 2.45) is 0 Å². The molecule has 1 atom stereocenters. The van der Waals surface area contributed by atoms with Gasteiger partial charge in [0.25, 0.3) is 11.6 Å². The van der Waals surface area contributed by atoms with Gasteiger partial charge >= 0.3 is 0 Å². The standard InChI is InChI=1S/C17H18N2O4/c1-11-5-4-6-14(9-11)23-13(3)17(20)18-15-8-7-12(2)10-16(15)19(21)22/h4-10,13H,1-3H3,(H,18,20). The summed E-state index contributed by atoms with van der Waals surface area (Å²) in [6.07, 6.45) is -0.780. The molecule has 0 aliphatic heterocycles. The van der Waals surface area contributed by atoms with Gasteiger partial charge in [-0.1, -0.05) is 18.2 Å². The van der Waals surface area contributed by atoms with E-state index < -0.39 is 16.9 Å². The second-order valence-electron chi connectivity index (χ2n) is 5.34. The van der Waals surface area contributed by atoms with Crippen molar-refractivity contribution in [3.63, 3.8) is 0 Å². The smallest absolute Gasteiger partial charge is 0.293 e. The first-order valence-corrected chi connectivity index (χ1v) is 7.16. The molecule has 6 nitrogen and oxygen atoms in total. The highest BCUT2D eigenvalue weighted by Gasteiger charge is 2.20. The van der Waals surface area contributed by atoms with Gasteiger partial charge in [0.15, 0.2) is 6.10 Å². The molecule has 0 aliphatic rings. The van der Waals surface area contributed by atoms with Crippen LogP contribution in [-0.2, 0) is 4.79 Å². The summed E-state index contributed by atoms with van der Waals surface area (Å²) < 4.78 is 5.57. The van der Waals surface area contributed by atoms with Crippen LogP contribution >= 0.6 is 0 Å². The molecule has 0 spiro atoms. The number of rotatable bonds is 5. The molecule has 120 valence electrons. The number of hydrogen-bond acceptors (Lipinski definition) is 4. The molecule has 1 amide bonds. The number of nitrogens with zero attached hydrogens (tertiary/aromatic N) is 1. The molecule has 2 aromatic carbocycles. The number of nitrogens with one attached hydrogen (secondary N) is 1. The maximum Gasteiger partial charge on any atom is 0.293 e. The molecule has 0 saturated heterocycles. The number of benzene rings is 2. The van der Waals surface area contributed by atoms with Crippen LogP contribution in [0, 0.1) is 24.0 Å². The third-order valence-corrected chi connectivity index (χ3v) is 3.28. The lowest BCUT2D eigenvalue weighted by atomic mass is 10.2. The second kappa shape index (κ2) is 6.91. The van der Waals surface area contributed by atoms with Crippen LogP contribution in [0.5, 0.6) is 5.75 Å². The molecule has 23 heavy (non-hydrogen) atoms. The van der Waals surface area contributed by atoms with Gasteiger partial charge in [-0.05, 0) is 50.1 Å². The van der Waals surface area contributed by atoms with Gasteiger partial charge in [0, 0.05) is 6.07 Å². The number of carbonyl (C=O) groups is 1. The fourth-order valence-corrected chi connectivity index (χ4v) is 2.08. The molecule has 0 radical (unpaired) electrons. The maximum atomic E-state index is 12.2. The monoisotopic (exact) mass is 314 g/mol. The van der Waals surface area contributed by atoms with Crippen LogP contribution < -0.4 is 10.1 Å². The fourth-order valence-electron chi connectivity index (χ4n) is 2.08. The second-order valence-corrected chi connectivity index (χ2v) is 5.34. The number of anilines is 1. The quantitative estimate of drug-likeness (QED) is 0.675. The van der Waals surface area contributed by atoms with Gasteiger partial charge in [0.2, 0.25) is 0 Å². The number of nitro benzene ring substituents is 1. The van der Waals surface area contributed by atoms with Gasteiger partial charge in [0.1, 0.15) is 11.4 Å². The average molecular weight is 314 g/mol. The molecule has 0 fully saturated rings. The lowest BCUT2D eigenvalue weighted by Gasteiger charge is -2.15. The number of hydrogen-bond donors (Lipinski definition) is 1. The molecule has 0 heterocycles. The van der Waals surface area contributed by atoms with Crippen LogP contribution in [0.15, 0.2) is 42.5 Å². The number of nitro groups is 1. The summed E-state index contributed by atoms with van der Waals surface area (Å²) in [7, 11) is 0. The highest BCUT2D eigenvalue weighted by atomic mass is 16.6. The molecule has 0 aliphatic carbocycles. The Bertz CT molecular complexity index is 743. The van der Waals surface area contributed by atoms with Crippen molar-refractivity contribution >= 4 is 17.3 Å². The van der Waals surface area contributed by atoms with E-state index in [1.54, 1.807) is 26.0 Å². The predicted molar refractivity (Wildman–Crippen MR) is 87.7 cm³/mol. The number of carbonyl (C=O) groups excluding carboxylic acids is 1. The highest BCUT2D eigenvalue weighted by molar-refractivity contribution is 5.96. The topological polar surface area (TPSA) is 81.5 Å². The zero-order valence-electron chi connectivity index (χ0n) is 13.2. The van der Waals surface area contributed by atoms with Crippen molar-refractivity contribution in [2.45, 2.75) is 26.9 Å². The zero-order valence-corrected chi connectivity index (χ0v) is 13.2. The van der Waals surface area contributed by atoms with Crippen LogP contribution in [0.1, 0.15) is 18.1 Å². The van der Waals surface area contributed by atoms with E-state index in [0.29, 0.717) is 5.75 Å². The third kappa shape index (κ3) is 4.29. The molecule has 2 aromatic rings. The minimum absolute atomic E-state index is 0.138. The SMILES string of the molecule is Cc1cccc(OC(C)C(=O)Nc2ccc(C)cc2[N+](=O)[O-])c1. The molecular weight excluding hydrogens is 296 g/mol. The lowest BCUT2D eigenvalue weighted by Crippen LogP contribution is -2.30. The summed E-state index contributed by atoms with van der Waals surface area (Å²) in [5.74, 6) is 0.129. The summed E-state index contributed by atoms with van der Waals surface area (Å²) in [4.78, 5) is 22.8. The van der Waals surface area contributed by atoms with Crippen LogP contribution in [0.25, 0.3) is 0 Å². The van der Waals surface area contributed by atoms with Crippen LogP contribution in [0.2, 0.25) is 0 Å². The molecule has 6 heteroatoms. The molecule has 0 bridgehead atoms. The van der Waals surface area contributed by atoms with E-state index in [4.69, 9.17) is 4.74 Å². The Labute approximate surface area is 134 Å². The lowest BCUT2D eigenvalue weighted by molar-refractivity contribution is -0.384. The Morgan fingerprint density at radius 1 is 1.17 bits per heavy atom. The molecule has 0 aromatic heterocycles. The third-order valence-electron chi connectivity index (χ3n) is 3.28. The van der Waals surface area contributed by atoms with Gasteiger partial charge in [-0.2, -0.15) is 0 Å². The largest absolute Gasteiger partial charge is 0.481 e. The summed E-state index contributed by atoms with van der Waals surface area (Å²) >= 11 is 0. The number of amides is 1. The first-order valence-electron chi connectivity index (χ1n) is 7.16. The van der Waals surface area contributed by atoms with Gasteiger partial charge in [-0.3, -0.25) is 14.9 Å². The molecule has 1 unspecified atom stereocenters.